The first kappa shape index (κ1) is 38.1. The van der Waals surface area contributed by atoms with Crippen molar-refractivity contribution in [3.05, 3.63) is 108 Å². The molecule has 258 valence electrons. The van der Waals surface area contributed by atoms with Crippen LogP contribution in [0.3, 0.4) is 0 Å². The molecule has 0 bridgehead atoms. The number of carbonyl (C=O) groups is 4. The Balaban J connectivity index is 1.57. The molecule has 1 atom stereocenters. The van der Waals surface area contributed by atoms with Gasteiger partial charge in [0.15, 0.2) is 0 Å². The van der Waals surface area contributed by atoms with Gasteiger partial charge in [0, 0.05) is 33.6 Å². The molecular weight excluding hydrogens is 627 g/mol. The van der Waals surface area contributed by atoms with Crippen LogP contribution in [0.15, 0.2) is 91.0 Å². The second-order valence-electron chi connectivity index (χ2n) is 12.7. The normalized spacial score (nSPS) is 12.1. The molecule has 0 aliphatic carbocycles. The molecule has 0 aliphatic heterocycles. The molecule has 2 N–H and O–H groups in total. The Morgan fingerprint density at radius 3 is 1.75 bits per heavy atom. The van der Waals surface area contributed by atoms with Gasteiger partial charge in [0.25, 0.3) is 0 Å². The lowest BCUT2D eigenvalue weighted by atomic mass is 9.84. The quantitative estimate of drug-likeness (QED) is 0.123. The third kappa shape index (κ3) is 11.1. The monoisotopic (exact) mass is 675 g/mol. The van der Waals surface area contributed by atoms with E-state index >= 15 is 0 Å². The molecule has 0 saturated heterocycles. The molecule has 3 aromatic carbocycles. The molecule has 48 heavy (non-hydrogen) atoms. The standard InChI is InChI=1S/C38H49N3O6S/c1-37(2,3)47-36(46)40(4)26-25-39-35(45)32(28-34(43)44)41(5)33(42)24-16-9-17-27-48-38(29-18-10-6-11-19-29,30-20-12-7-13-21-30)31-22-14-8-15-23-31/h6-8,10-15,18-23,32H,9,16-17,24-28H2,1-5H3,(H,39,45)(H,43,44)/t32-/m0/s1. The Morgan fingerprint density at radius 2 is 1.29 bits per heavy atom. The first-order chi connectivity index (χ1) is 22.8. The molecule has 3 amide bonds. The van der Waals surface area contributed by atoms with Crippen molar-refractivity contribution in [3.8, 4) is 0 Å². The van der Waals surface area contributed by atoms with Crippen molar-refractivity contribution in [2.24, 2.45) is 0 Å². The number of aliphatic carboxylic acids is 1. The van der Waals surface area contributed by atoms with Gasteiger partial charge < -0.3 is 25.0 Å². The summed E-state index contributed by atoms with van der Waals surface area (Å²) >= 11 is 1.88. The van der Waals surface area contributed by atoms with Crippen molar-refractivity contribution in [3.63, 3.8) is 0 Å². The molecule has 0 unspecified atom stereocenters. The Labute approximate surface area is 289 Å². The van der Waals surface area contributed by atoms with E-state index in [0.29, 0.717) is 6.42 Å². The Kier molecular flexibility index (Phi) is 14.5. The van der Waals surface area contributed by atoms with Gasteiger partial charge in [0.2, 0.25) is 11.8 Å². The Hall–Kier alpha value is -4.31. The fraction of sp³-hybridized carbons (Fsp3) is 0.421. The zero-order valence-corrected chi connectivity index (χ0v) is 29.5. The maximum atomic E-state index is 13.1. The van der Waals surface area contributed by atoms with Gasteiger partial charge in [-0.3, -0.25) is 14.4 Å². The first-order valence-electron chi connectivity index (χ1n) is 16.3. The predicted octanol–water partition coefficient (Wildman–Crippen LogP) is 6.56. The van der Waals surface area contributed by atoms with Crippen LogP contribution < -0.4 is 5.32 Å². The molecule has 9 nitrogen and oxygen atoms in total. The summed E-state index contributed by atoms with van der Waals surface area (Å²) in [6, 6.07) is 30.4. The molecule has 0 heterocycles. The van der Waals surface area contributed by atoms with Crippen molar-refractivity contribution in [2.45, 2.75) is 69.3 Å². The summed E-state index contributed by atoms with van der Waals surface area (Å²) in [6.45, 7) is 5.53. The second kappa shape index (κ2) is 18.3. The minimum Gasteiger partial charge on any atom is -0.481 e. The average Bonchev–Trinajstić information content (AvgIpc) is 3.06. The van der Waals surface area contributed by atoms with E-state index in [0.717, 1.165) is 18.6 Å². The average molecular weight is 676 g/mol. The van der Waals surface area contributed by atoms with Crippen molar-refractivity contribution in [1.29, 1.82) is 0 Å². The number of thioether (sulfide) groups is 1. The molecule has 0 aliphatic rings. The summed E-state index contributed by atoms with van der Waals surface area (Å²) < 4.78 is 4.90. The number of likely N-dealkylation sites (N-methyl/N-ethyl adjacent to an activating group) is 2. The zero-order valence-electron chi connectivity index (χ0n) is 28.7. The van der Waals surface area contributed by atoms with Crippen LogP contribution in [0.2, 0.25) is 0 Å². The minimum atomic E-state index is -1.18. The lowest BCUT2D eigenvalue weighted by Crippen LogP contribution is -2.50. The highest BCUT2D eigenvalue weighted by Gasteiger charge is 2.36. The number of carboxylic acid groups (broad SMARTS) is 1. The largest absolute Gasteiger partial charge is 0.481 e. The van der Waals surface area contributed by atoms with E-state index in [1.54, 1.807) is 27.8 Å². The number of nitrogens with zero attached hydrogens (tertiary/aromatic N) is 2. The van der Waals surface area contributed by atoms with Crippen LogP contribution in [-0.2, 0) is 23.9 Å². The number of carbonyl (C=O) groups excluding carboxylic acids is 3. The number of ether oxygens (including phenoxy) is 1. The van der Waals surface area contributed by atoms with E-state index in [9.17, 15) is 24.3 Å². The van der Waals surface area contributed by atoms with Crippen LogP contribution in [0, 0.1) is 0 Å². The van der Waals surface area contributed by atoms with Crippen molar-refractivity contribution < 1.29 is 29.0 Å². The van der Waals surface area contributed by atoms with Crippen LogP contribution in [0.5, 0.6) is 0 Å². The molecule has 0 aromatic heterocycles. The van der Waals surface area contributed by atoms with Gasteiger partial charge in [-0.1, -0.05) is 97.4 Å². The third-order valence-electron chi connectivity index (χ3n) is 7.88. The summed E-state index contributed by atoms with van der Waals surface area (Å²) in [7, 11) is 3.01. The summed E-state index contributed by atoms with van der Waals surface area (Å²) in [5, 5.41) is 12.1. The van der Waals surface area contributed by atoms with Gasteiger partial charge in [0.05, 0.1) is 11.2 Å². The number of amides is 3. The van der Waals surface area contributed by atoms with Gasteiger partial charge in [-0.2, -0.15) is 0 Å². The summed E-state index contributed by atoms with van der Waals surface area (Å²) in [5.74, 6) is -1.20. The van der Waals surface area contributed by atoms with Gasteiger partial charge in [-0.25, -0.2) is 4.79 Å². The molecule has 0 radical (unpaired) electrons. The molecule has 0 fully saturated rings. The smallest absolute Gasteiger partial charge is 0.410 e. The van der Waals surface area contributed by atoms with Crippen molar-refractivity contribution >= 4 is 35.6 Å². The van der Waals surface area contributed by atoms with Gasteiger partial charge in [0.1, 0.15) is 11.6 Å². The number of unbranched alkanes of at least 4 members (excludes halogenated alkanes) is 2. The fourth-order valence-corrected chi connectivity index (χ4v) is 6.93. The van der Waals surface area contributed by atoms with Crippen LogP contribution in [0.4, 0.5) is 4.79 Å². The number of hydrogen-bond donors (Lipinski definition) is 2. The topological polar surface area (TPSA) is 116 Å². The molecule has 0 spiro atoms. The first-order valence-corrected chi connectivity index (χ1v) is 17.3. The van der Waals surface area contributed by atoms with Gasteiger partial charge >= 0.3 is 12.1 Å². The SMILES string of the molecule is CN(CCNC(=O)[C@H](CC(=O)O)N(C)C(=O)CCCCCSC(c1ccccc1)(c1ccccc1)c1ccccc1)C(=O)OC(C)(C)C. The van der Waals surface area contributed by atoms with Crippen molar-refractivity contribution in [2.75, 3.05) is 32.9 Å². The number of carboxylic acids is 1. The number of rotatable bonds is 17. The minimum absolute atomic E-state index is 0.0842. The lowest BCUT2D eigenvalue weighted by molar-refractivity contribution is -0.145. The van der Waals surface area contributed by atoms with E-state index in [-0.39, 0.29) is 25.4 Å². The van der Waals surface area contributed by atoms with E-state index in [2.05, 4.69) is 78.1 Å². The molecule has 10 heteroatoms. The summed E-state index contributed by atoms with van der Waals surface area (Å²) in [4.78, 5) is 52.4. The molecular formula is C38H49N3O6S. The van der Waals surface area contributed by atoms with Crippen LogP contribution in [0.25, 0.3) is 0 Å². The Bertz CT molecular complexity index is 1370. The molecule has 3 rings (SSSR count). The van der Waals surface area contributed by atoms with Gasteiger partial charge in [-0.15, -0.1) is 11.8 Å². The predicted molar refractivity (Wildman–Crippen MR) is 191 cm³/mol. The second-order valence-corrected chi connectivity index (χ2v) is 14.1. The van der Waals surface area contributed by atoms with E-state index in [1.807, 2.05) is 30.0 Å². The van der Waals surface area contributed by atoms with Crippen LogP contribution >= 0.6 is 11.8 Å². The maximum Gasteiger partial charge on any atom is 0.410 e. The lowest BCUT2D eigenvalue weighted by Gasteiger charge is -2.35. The zero-order chi connectivity index (χ0) is 35.2. The third-order valence-corrected chi connectivity index (χ3v) is 9.51. The fourth-order valence-electron chi connectivity index (χ4n) is 5.37. The summed E-state index contributed by atoms with van der Waals surface area (Å²) in [6.07, 6.45) is 1.44. The molecule has 3 aromatic rings. The number of nitrogens with one attached hydrogen (secondary N) is 1. The Morgan fingerprint density at radius 1 is 0.792 bits per heavy atom. The highest BCUT2D eigenvalue weighted by molar-refractivity contribution is 8.00. The number of hydrogen-bond acceptors (Lipinski definition) is 6. The maximum absolute atomic E-state index is 13.1. The van der Waals surface area contributed by atoms with Crippen molar-refractivity contribution in [1.82, 2.24) is 15.1 Å². The van der Waals surface area contributed by atoms with E-state index < -0.39 is 40.8 Å². The van der Waals surface area contributed by atoms with E-state index in [1.165, 1.54) is 33.5 Å². The van der Waals surface area contributed by atoms with E-state index in [4.69, 9.17) is 4.74 Å². The molecule has 0 saturated carbocycles. The van der Waals surface area contributed by atoms with Gasteiger partial charge in [-0.05, 0) is 56.1 Å². The highest BCUT2D eigenvalue weighted by atomic mass is 32.2. The summed E-state index contributed by atoms with van der Waals surface area (Å²) in [5.41, 5.74) is 2.94. The van der Waals surface area contributed by atoms with Crippen LogP contribution in [-0.4, -0.2) is 83.4 Å². The highest BCUT2D eigenvalue weighted by Crippen LogP contribution is 2.48. The number of benzene rings is 3. The van der Waals surface area contributed by atoms with Crippen LogP contribution in [0.1, 0.15) is 69.6 Å².